The summed E-state index contributed by atoms with van der Waals surface area (Å²) < 4.78 is 19.8. The lowest BCUT2D eigenvalue weighted by Crippen LogP contribution is -2.60. The van der Waals surface area contributed by atoms with E-state index >= 15 is 0 Å². The second kappa shape index (κ2) is 10.2. The maximum atomic E-state index is 13.7. The third-order valence-electron chi connectivity index (χ3n) is 6.64. The molecule has 186 valence electrons. The van der Waals surface area contributed by atoms with Gasteiger partial charge in [0.25, 0.3) is 11.8 Å². The lowest BCUT2D eigenvalue weighted by molar-refractivity contribution is -0.128. The smallest absolute Gasteiger partial charge is 0.256 e. The van der Waals surface area contributed by atoms with Gasteiger partial charge >= 0.3 is 0 Å². The van der Waals surface area contributed by atoms with Crippen molar-refractivity contribution in [2.75, 3.05) is 26.2 Å². The molecule has 0 radical (unpaired) electrons. The maximum Gasteiger partial charge on any atom is 0.256 e. The van der Waals surface area contributed by atoms with Crippen molar-refractivity contribution in [3.05, 3.63) is 71.0 Å². The molecular weight excluding hydrogens is 449 g/mol. The molecule has 2 fully saturated rings. The normalized spacial score (nSPS) is 19.3. The number of benzene rings is 2. The molecule has 2 aromatic rings. The summed E-state index contributed by atoms with van der Waals surface area (Å²) in [6.07, 6.45) is 0.721. The van der Waals surface area contributed by atoms with Crippen molar-refractivity contribution in [2.45, 2.75) is 45.4 Å². The summed E-state index contributed by atoms with van der Waals surface area (Å²) in [6.45, 7) is 7.18. The van der Waals surface area contributed by atoms with Gasteiger partial charge in [0.05, 0.1) is 6.61 Å². The van der Waals surface area contributed by atoms with Crippen molar-refractivity contribution in [1.82, 2.24) is 15.1 Å². The van der Waals surface area contributed by atoms with Crippen molar-refractivity contribution >= 4 is 17.7 Å². The van der Waals surface area contributed by atoms with E-state index in [0.717, 1.165) is 5.56 Å². The molecule has 2 aromatic carbocycles. The molecule has 4 rings (SSSR count). The highest BCUT2D eigenvalue weighted by Gasteiger charge is 2.54. The van der Waals surface area contributed by atoms with E-state index < -0.39 is 17.6 Å². The molecule has 1 unspecified atom stereocenters. The quantitative estimate of drug-likeness (QED) is 0.710. The van der Waals surface area contributed by atoms with Crippen LogP contribution in [0.3, 0.4) is 0 Å². The van der Waals surface area contributed by atoms with Crippen LogP contribution in [0.1, 0.15) is 53.0 Å². The Kier molecular flexibility index (Phi) is 7.21. The van der Waals surface area contributed by atoms with E-state index in [2.05, 4.69) is 5.32 Å². The van der Waals surface area contributed by atoms with E-state index in [-0.39, 0.29) is 35.8 Å². The Bertz CT molecular complexity index is 1110. The second-order valence-electron chi connectivity index (χ2n) is 9.76. The number of rotatable bonds is 5. The lowest BCUT2D eigenvalue weighted by Gasteiger charge is -2.44. The van der Waals surface area contributed by atoms with Gasteiger partial charge in [-0.25, -0.2) is 4.39 Å². The molecule has 1 spiro atoms. The van der Waals surface area contributed by atoms with Gasteiger partial charge in [-0.2, -0.15) is 0 Å². The van der Waals surface area contributed by atoms with Crippen molar-refractivity contribution in [1.29, 1.82) is 0 Å². The first kappa shape index (κ1) is 24.9. The third kappa shape index (κ3) is 5.22. The highest BCUT2D eigenvalue weighted by molar-refractivity contribution is 5.99. The van der Waals surface area contributed by atoms with Gasteiger partial charge in [0.2, 0.25) is 5.91 Å². The van der Waals surface area contributed by atoms with E-state index in [9.17, 15) is 18.8 Å². The van der Waals surface area contributed by atoms with Crippen LogP contribution in [0.5, 0.6) is 0 Å². The second-order valence-corrected chi connectivity index (χ2v) is 9.76. The summed E-state index contributed by atoms with van der Waals surface area (Å²) in [5.41, 5.74) is 0.738. The number of nitrogens with one attached hydrogen (secondary N) is 1. The van der Waals surface area contributed by atoms with Gasteiger partial charge < -0.3 is 15.0 Å². The van der Waals surface area contributed by atoms with E-state index in [1.807, 2.05) is 32.9 Å². The summed E-state index contributed by atoms with van der Waals surface area (Å²) >= 11 is 0. The largest absolute Gasteiger partial charge is 0.354 e. The van der Waals surface area contributed by atoms with E-state index in [4.69, 9.17) is 4.74 Å². The van der Waals surface area contributed by atoms with E-state index in [0.29, 0.717) is 38.0 Å². The topological polar surface area (TPSA) is 79.0 Å². The SMILES string of the molecule is Cc1cccc(C(=O)N2C(C(=O)NCC(C)C)COC23CCN(C(=O)c2cccc(F)c2)CC3)c1. The lowest BCUT2D eigenvalue weighted by atomic mass is 9.95. The van der Waals surface area contributed by atoms with Crippen LogP contribution >= 0.6 is 0 Å². The minimum Gasteiger partial charge on any atom is -0.354 e. The van der Waals surface area contributed by atoms with Gasteiger partial charge in [-0.1, -0.05) is 37.6 Å². The molecule has 0 bridgehead atoms. The number of hydrogen-bond donors (Lipinski definition) is 1. The zero-order valence-electron chi connectivity index (χ0n) is 20.4. The number of piperidine rings is 1. The first-order valence-electron chi connectivity index (χ1n) is 12.1. The standard InChI is InChI=1S/C27H32FN3O4/c1-18(2)16-29-24(32)23-17-35-27(31(23)26(34)20-7-4-6-19(3)14-20)10-12-30(13-11-27)25(33)21-8-5-9-22(28)15-21/h4-9,14-15,18,23H,10-13,16-17H2,1-3H3,(H,29,32). The molecule has 0 aliphatic carbocycles. The number of halogens is 1. The Labute approximate surface area is 205 Å². The number of nitrogens with zero attached hydrogens (tertiary/aromatic N) is 2. The minimum atomic E-state index is -0.987. The van der Waals surface area contributed by atoms with Gasteiger partial charge in [-0.05, 0) is 43.2 Å². The Morgan fingerprint density at radius 3 is 2.34 bits per heavy atom. The third-order valence-corrected chi connectivity index (χ3v) is 6.64. The maximum absolute atomic E-state index is 13.7. The van der Waals surface area contributed by atoms with Crippen LogP contribution in [0.25, 0.3) is 0 Å². The number of amides is 3. The van der Waals surface area contributed by atoms with Crippen molar-refractivity contribution in [3.63, 3.8) is 0 Å². The summed E-state index contributed by atoms with van der Waals surface area (Å²) in [4.78, 5) is 43.0. The molecule has 7 nitrogen and oxygen atoms in total. The summed E-state index contributed by atoms with van der Waals surface area (Å²) in [5, 5.41) is 2.93. The Morgan fingerprint density at radius 2 is 1.71 bits per heavy atom. The highest BCUT2D eigenvalue weighted by Crippen LogP contribution is 2.39. The highest BCUT2D eigenvalue weighted by atomic mass is 19.1. The molecular formula is C27H32FN3O4. The van der Waals surface area contributed by atoms with Gasteiger partial charge in [0.1, 0.15) is 17.6 Å². The molecule has 1 N–H and O–H groups in total. The van der Waals surface area contributed by atoms with Crippen LogP contribution in [0.15, 0.2) is 48.5 Å². The molecule has 8 heteroatoms. The molecule has 0 aromatic heterocycles. The number of carbonyl (C=O) groups excluding carboxylic acids is 3. The summed E-state index contributed by atoms with van der Waals surface area (Å²) in [6, 6.07) is 12.1. The van der Waals surface area contributed by atoms with E-state index in [1.165, 1.54) is 18.2 Å². The molecule has 3 amide bonds. The van der Waals surface area contributed by atoms with Gasteiger partial charge in [0.15, 0.2) is 0 Å². The van der Waals surface area contributed by atoms with Crippen LogP contribution in [-0.4, -0.2) is 65.5 Å². The van der Waals surface area contributed by atoms with Crippen LogP contribution in [0, 0.1) is 18.7 Å². The molecule has 0 saturated carbocycles. The molecule has 35 heavy (non-hydrogen) atoms. The fraction of sp³-hybridized carbons (Fsp3) is 0.444. The van der Waals surface area contributed by atoms with Crippen molar-refractivity contribution in [2.24, 2.45) is 5.92 Å². The van der Waals surface area contributed by atoms with Crippen LogP contribution in [0.4, 0.5) is 4.39 Å². The van der Waals surface area contributed by atoms with Gasteiger partial charge in [-0.3, -0.25) is 19.3 Å². The predicted octanol–water partition coefficient (Wildman–Crippen LogP) is 3.38. The number of ether oxygens (including phenoxy) is 1. The zero-order valence-corrected chi connectivity index (χ0v) is 20.4. The summed E-state index contributed by atoms with van der Waals surface area (Å²) in [5.74, 6) is -0.961. The number of aryl methyl sites for hydroxylation is 1. The fourth-order valence-electron chi connectivity index (χ4n) is 4.77. The van der Waals surface area contributed by atoms with Crippen LogP contribution < -0.4 is 5.32 Å². The zero-order chi connectivity index (χ0) is 25.2. The van der Waals surface area contributed by atoms with Gasteiger partial charge in [-0.15, -0.1) is 0 Å². The van der Waals surface area contributed by atoms with Crippen molar-refractivity contribution < 1.29 is 23.5 Å². The molecule has 2 saturated heterocycles. The van der Waals surface area contributed by atoms with Gasteiger partial charge in [0, 0.05) is 43.6 Å². The molecule has 2 aliphatic rings. The average molecular weight is 482 g/mol. The molecule has 2 heterocycles. The first-order chi connectivity index (χ1) is 16.7. The molecule has 1 atom stereocenters. The summed E-state index contributed by atoms with van der Waals surface area (Å²) in [7, 11) is 0. The first-order valence-corrected chi connectivity index (χ1v) is 12.1. The average Bonchev–Trinajstić information content (AvgIpc) is 3.20. The monoisotopic (exact) mass is 481 g/mol. The number of likely N-dealkylation sites (tertiary alicyclic amines) is 1. The molecule has 2 aliphatic heterocycles. The Balaban J connectivity index is 1.57. The van der Waals surface area contributed by atoms with Crippen LogP contribution in [0.2, 0.25) is 0 Å². The van der Waals surface area contributed by atoms with Crippen molar-refractivity contribution in [3.8, 4) is 0 Å². The number of hydrogen-bond acceptors (Lipinski definition) is 4. The predicted molar refractivity (Wildman–Crippen MR) is 129 cm³/mol. The minimum absolute atomic E-state index is 0.0966. The van der Waals surface area contributed by atoms with Crippen LogP contribution in [-0.2, 0) is 9.53 Å². The Hall–Kier alpha value is -3.26. The van der Waals surface area contributed by atoms with E-state index in [1.54, 1.807) is 28.0 Å². The number of carbonyl (C=O) groups is 3. The fourth-order valence-corrected chi connectivity index (χ4v) is 4.77. The Morgan fingerprint density at radius 1 is 1.06 bits per heavy atom.